The molecule has 0 aliphatic carbocycles. The second-order valence-electron chi connectivity index (χ2n) is 3.26. The zero-order chi connectivity index (χ0) is 10.1. The maximum Gasteiger partial charge on any atom is 0.274 e. The van der Waals surface area contributed by atoms with Gasteiger partial charge in [0.1, 0.15) is 0 Å². The number of halogens is 1. The van der Waals surface area contributed by atoms with E-state index in [0.29, 0.717) is 10.2 Å². The van der Waals surface area contributed by atoms with Crippen LogP contribution in [-0.2, 0) is 0 Å². The molecule has 0 aliphatic rings. The number of thiazole rings is 1. The van der Waals surface area contributed by atoms with Crippen LogP contribution in [0.15, 0.2) is 18.2 Å². The third-order valence-corrected chi connectivity index (χ3v) is 2.83. The molecule has 0 saturated carbocycles. The summed E-state index contributed by atoms with van der Waals surface area (Å²) in [4.78, 5) is 4.33. The number of nitrogens with zero attached hydrogens (tertiary/aromatic N) is 1. The van der Waals surface area contributed by atoms with Crippen LogP contribution in [-0.4, -0.2) is 11.1 Å². The Bertz CT molecular complexity index is 452. The Labute approximate surface area is 91.5 Å². The number of fused-ring (bicyclic) bond motifs is 1. The van der Waals surface area contributed by atoms with E-state index in [1.54, 1.807) is 11.3 Å². The highest BCUT2D eigenvalue weighted by molar-refractivity contribution is 7.20. The highest BCUT2D eigenvalue weighted by Crippen LogP contribution is 2.29. The molecule has 0 aliphatic heterocycles. The predicted octanol–water partition coefficient (Wildman–Crippen LogP) is 3.74. The molecule has 1 aromatic heterocycles. The van der Waals surface area contributed by atoms with Gasteiger partial charge in [-0.15, -0.1) is 0 Å². The van der Waals surface area contributed by atoms with Crippen LogP contribution in [0.3, 0.4) is 0 Å². The average Bonchev–Trinajstić information content (AvgIpc) is 2.44. The molecule has 4 heteroatoms. The lowest BCUT2D eigenvalue weighted by molar-refractivity contribution is 0.242. The SMILES string of the molecule is CC(C)Oc1nc2cc(Cl)ccc2s1. The van der Waals surface area contributed by atoms with Crippen molar-refractivity contribution in [2.45, 2.75) is 20.0 Å². The maximum atomic E-state index is 5.86. The normalized spacial score (nSPS) is 11.1. The first-order valence-electron chi connectivity index (χ1n) is 4.38. The number of hydrogen-bond donors (Lipinski definition) is 0. The number of benzene rings is 1. The Morgan fingerprint density at radius 1 is 1.43 bits per heavy atom. The summed E-state index contributed by atoms with van der Waals surface area (Å²) >= 11 is 7.40. The van der Waals surface area contributed by atoms with Crippen molar-refractivity contribution in [3.8, 4) is 5.19 Å². The first-order valence-corrected chi connectivity index (χ1v) is 5.57. The van der Waals surface area contributed by atoms with Gasteiger partial charge in [0.05, 0.1) is 16.3 Å². The van der Waals surface area contributed by atoms with Crippen molar-refractivity contribution < 1.29 is 4.74 Å². The molecule has 0 bridgehead atoms. The molecule has 0 amide bonds. The molecule has 0 N–H and O–H groups in total. The largest absolute Gasteiger partial charge is 0.467 e. The van der Waals surface area contributed by atoms with Gasteiger partial charge in [0.2, 0.25) is 0 Å². The van der Waals surface area contributed by atoms with Crippen molar-refractivity contribution in [3.05, 3.63) is 23.2 Å². The van der Waals surface area contributed by atoms with Crippen molar-refractivity contribution in [1.29, 1.82) is 0 Å². The monoisotopic (exact) mass is 227 g/mol. The zero-order valence-corrected chi connectivity index (χ0v) is 9.52. The molecule has 1 heterocycles. The fraction of sp³-hybridized carbons (Fsp3) is 0.300. The minimum Gasteiger partial charge on any atom is -0.467 e. The van der Waals surface area contributed by atoms with Crippen molar-refractivity contribution in [1.82, 2.24) is 4.98 Å². The van der Waals surface area contributed by atoms with E-state index in [9.17, 15) is 0 Å². The molecular formula is C10H10ClNOS. The summed E-state index contributed by atoms with van der Waals surface area (Å²) in [7, 11) is 0. The minimum absolute atomic E-state index is 0.158. The average molecular weight is 228 g/mol. The van der Waals surface area contributed by atoms with Crippen LogP contribution in [0.4, 0.5) is 0 Å². The van der Waals surface area contributed by atoms with E-state index < -0.39 is 0 Å². The van der Waals surface area contributed by atoms with Crippen LogP contribution in [0.2, 0.25) is 5.02 Å². The zero-order valence-electron chi connectivity index (χ0n) is 7.95. The highest BCUT2D eigenvalue weighted by atomic mass is 35.5. The minimum atomic E-state index is 0.158. The van der Waals surface area contributed by atoms with E-state index >= 15 is 0 Å². The molecule has 0 atom stereocenters. The first kappa shape index (κ1) is 9.74. The second-order valence-corrected chi connectivity index (χ2v) is 4.69. The molecule has 1 aromatic carbocycles. The summed E-state index contributed by atoms with van der Waals surface area (Å²) in [5.41, 5.74) is 0.901. The lowest BCUT2D eigenvalue weighted by Crippen LogP contribution is -2.04. The summed E-state index contributed by atoms with van der Waals surface area (Å²) in [5.74, 6) is 0. The Morgan fingerprint density at radius 2 is 2.21 bits per heavy atom. The van der Waals surface area contributed by atoms with Crippen LogP contribution < -0.4 is 4.74 Å². The summed E-state index contributed by atoms with van der Waals surface area (Å²) < 4.78 is 6.61. The van der Waals surface area contributed by atoms with Gasteiger partial charge in [-0.1, -0.05) is 22.9 Å². The maximum absolute atomic E-state index is 5.86. The Kier molecular flexibility index (Phi) is 2.61. The third-order valence-electron chi connectivity index (χ3n) is 1.67. The van der Waals surface area contributed by atoms with Crippen LogP contribution in [0.5, 0.6) is 5.19 Å². The summed E-state index contributed by atoms with van der Waals surface area (Å²) in [6.07, 6.45) is 0.158. The molecule has 74 valence electrons. The topological polar surface area (TPSA) is 22.1 Å². The number of aromatic nitrogens is 1. The lowest BCUT2D eigenvalue weighted by Gasteiger charge is -2.03. The van der Waals surface area contributed by atoms with Gasteiger partial charge in [-0.3, -0.25) is 0 Å². The van der Waals surface area contributed by atoms with Crippen LogP contribution >= 0.6 is 22.9 Å². The fourth-order valence-electron chi connectivity index (χ4n) is 1.13. The molecule has 14 heavy (non-hydrogen) atoms. The Balaban J connectivity index is 2.41. The van der Waals surface area contributed by atoms with Gasteiger partial charge in [-0.25, -0.2) is 4.98 Å². The third kappa shape index (κ3) is 1.99. The summed E-state index contributed by atoms with van der Waals surface area (Å²) in [6, 6.07) is 5.67. The predicted molar refractivity (Wildman–Crippen MR) is 60.4 cm³/mol. The van der Waals surface area contributed by atoms with Crippen molar-refractivity contribution in [2.24, 2.45) is 0 Å². The fourth-order valence-corrected chi connectivity index (χ4v) is 2.22. The van der Waals surface area contributed by atoms with Crippen molar-refractivity contribution in [2.75, 3.05) is 0 Å². The molecule has 0 spiro atoms. The lowest BCUT2D eigenvalue weighted by atomic mass is 10.3. The van der Waals surface area contributed by atoms with Gasteiger partial charge in [0, 0.05) is 5.02 Å². The van der Waals surface area contributed by atoms with Crippen LogP contribution in [0, 0.1) is 0 Å². The molecule has 2 nitrogen and oxygen atoms in total. The molecule has 2 rings (SSSR count). The van der Waals surface area contributed by atoms with Crippen LogP contribution in [0.25, 0.3) is 10.2 Å². The molecule has 0 fully saturated rings. The second kappa shape index (κ2) is 3.75. The van der Waals surface area contributed by atoms with Gasteiger partial charge in [0.25, 0.3) is 5.19 Å². The molecule has 0 unspecified atom stereocenters. The molecular weight excluding hydrogens is 218 g/mol. The van der Waals surface area contributed by atoms with Crippen molar-refractivity contribution in [3.63, 3.8) is 0 Å². The number of rotatable bonds is 2. The van der Waals surface area contributed by atoms with Gasteiger partial charge in [-0.2, -0.15) is 0 Å². The summed E-state index contributed by atoms with van der Waals surface area (Å²) in [5, 5.41) is 1.41. The van der Waals surface area contributed by atoms with E-state index in [2.05, 4.69) is 4.98 Å². The molecule has 0 radical (unpaired) electrons. The van der Waals surface area contributed by atoms with Crippen molar-refractivity contribution >= 4 is 33.2 Å². The van der Waals surface area contributed by atoms with Gasteiger partial charge < -0.3 is 4.74 Å². The standard InChI is InChI=1S/C10H10ClNOS/c1-6(2)13-10-12-8-5-7(11)3-4-9(8)14-10/h3-6H,1-2H3. The van der Waals surface area contributed by atoms with Gasteiger partial charge in [-0.05, 0) is 32.0 Å². The molecule has 0 saturated heterocycles. The van der Waals surface area contributed by atoms with Gasteiger partial charge in [0.15, 0.2) is 0 Å². The van der Waals surface area contributed by atoms with E-state index in [1.165, 1.54) is 0 Å². The quantitative estimate of drug-likeness (QED) is 0.780. The highest BCUT2D eigenvalue weighted by Gasteiger charge is 2.06. The van der Waals surface area contributed by atoms with E-state index in [4.69, 9.17) is 16.3 Å². The first-order chi connectivity index (χ1) is 6.65. The van der Waals surface area contributed by atoms with E-state index in [1.807, 2.05) is 32.0 Å². The Hall–Kier alpha value is -0.800. The van der Waals surface area contributed by atoms with Gasteiger partial charge >= 0.3 is 0 Å². The number of ether oxygens (including phenoxy) is 1. The molecule has 2 aromatic rings. The summed E-state index contributed by atoms with van der Waals surface area (Å²) in [6.45, 7) is 3.97. The van der Waals surface area contributed by atoms with E-state index in [0.717, 1.165) is 10.2 Å². The Morgan fingerprint density at radius 3 is 2.93 bits per heavy atom. The smallest absolute Gasteiger partial charge is 0.274 e. The van der Waals surface area contributed by atoms with Crippen LogP contribution in [0.1, 0.15) is 13.8 Å². The number of hydrogen-bond acceptors (Lipinski definition) is 3. The van der Waals surface area contributed by atoms with E-state index in [-0.39, 0.29) is 6.10 Å².